The van der Waals surface area contributed by atoms with E-state index in [1.807, 2.05) is 18.2 Å². The minimum atomic E-state index is -4.56. The van der Waals surface area contributed by atoms with Crippen LogP contribution in [0.15, 0.2) is 47.4 Å². The first-order valence-electron chi connectivity index (χ1n) is 8.96. The number of ether oxygens (including phenoxy) is 1. The number of rotatable bonds is 10. The molecule has 5 nitrogen and oxygen atoms in total. The van der Waals surface area contributed by atoms with Crippen LogP contribution in [0.3, 0.4) is 0 Å². The fourth-order valence-corrected chi connectivity index (χ4v) is 3.39. The molecule has 7 heteroatoms. The van der Waals surface area contributed by atoms with Gasteiger partial charge >= 0.3 is 29.6 Å². The van der Waals surface area contributed by atoms with Gasteiger partial charge in [-0.25, -0.2) is 0 Å². The number of aryl methyl sites for hydroxylation is 1. The van der Waals surface area contributed by atoms with E-state index >= 15 is 0 Å². The predicted octanol–water partition coefficient (Wildman–Crippen LogP) is 1.71. The maximum atomic E-state index is 12.1. The van der Waals surface area contributed by atoms with Crippen LogP contribution < -0.4 is 39.4 Å². The smallest absolute Gasteiger partial charge is 0.871 e. The number of benzene rings is 2. The fraction of sp³-hybridized carbons (Fsp3) is 0.400. The number of para-hydroxylation sites is 1. The Balaban J connectivity index is 0.00000364. The van der Waals surface area contributed by atoms with Gasteiger partial charge in [0.15, 0.2) is 0 Å². The molecule has 0 heterocycles. The quantitative estimate of drug-likeness (QED) is 0.373. The van der Waals surface area contributed by atoms with Gasteiger partial charge in [0.2, 0.25) is 0 Å². The maximum Gasteiger partial charge on any atom is 1.00 e. The van der Waals surface area contributed by atoms with Crippen LogP contribution >= 0.6 is 0 Å². The van der Waals surface area contributed by atoms with Gasteiger partial charge in [0.05, 0.1) is 4.90 Å². The molecule has 0 atom stereocenters. The normalized spacial score (nSPS) is 11.0. The molecule has 0 aromatic heterocycles. The van der Waals surface area contributed by atoms with Crippen LogP contribution in [0, 0.1) is 0 Å². The van der Waals surface area contributed by atoms with E-state index in [4.69, 9.17) is 4.74 Å². The van der Waals surface area contributed by atoms with Crippen LogP contribution in [-0.2, 0) is 16.5 Å². The van der Waals surface area contributed by atoms with Gasteiger partial charge < -0.3 is 9.84 Å². The van der Waals surface area contributed by atoms with Crippen molar-refractivity contribution in [1.29, 1.82) is 0 Å². The molecule has 2 aromatic carbocycles. The van der Waals surface area contributed by atoms with Crippen LogP contribution in [0.4, 0.5) is 0 Å². The molecule has 0 unspecified atom stereocenters. The summed E-state index contributed by atoms with van der Waals surface area (Å²) in [5, 5.41) is 12.1. The predicted molar refractivity (Wildman–Crippen MR) is 99.3 cm³/mol. The Morgan fingerprint density at radius 1 is 1.00 bits per heavy atom. The molecular weight excluding hydrogens is 375 g/mol. The largest absolute Gasteiger partial charge is 1.00 e. The van der Waals surface area contributed by atoms with Crippen molar-refractivity contribution >= 4 is 10.1 Å². The van der Waals surface area contributed by atoms with Crippen LogP contribution in [0.1, 0.15) is 51.0 Å². The van der Waals surface area contributed by atoms with Gasteiger partial charge in [-0.15, -0.1) is 0 Å². The average molecular weight is 400 g/mol. The summed E-state index contributed by atoms with van der Waals surface area (Å²) in [6, 6.07) is 11.4. The Morgan fingerprint density at radius 3 is 2.26 bits per heavy atom. The van der Waals surface area contributed by atoms with Crippen molar-refractivity contribution in [2.75, 3.05) is 0 Å². The first kappa shape index (κ1) is 24.0. The van der Waals surface area contributed by atoms with Crippen molar-refractivity contribution in [3.8, 4) is 17.2 Å². The van der Waals surface area contributed by atoms with Gasteiger partial charge in [-0.3, -0.25) is 4.55 Å². The molecule has 1 N–H and O–H groups in total. The zero-order valence-electron chi connectivity index (χ0n) is 16.0. The zero-order valence-corrected chi connectivity index (χ0v) is 18.8. The van der Waals surface area contributed by atoms with E-state index in [0.29, 0.717) is 23.5 Å². The van der Waals surface area contributed by atoms with E-state index in [0.717, 1.165) is 25.3 Å². The molecule has 0 bridgehead atoms. The molecule has 0 fully saturated rings. The first-order chi connectivity index (χ1) is 12.4. The summed E-state index contributed by atoms with van der Waals surface area (Å²) in [6.07, 6.45) is 7.14. The van der Waals surface area contributed by atoms with E-state index < -0.39 is 20.8 Å². The second-order valence-electron chi connectivity index (χ2n) is 6.31. The second kappa shape index (κ2) is 11.7. The SMILES string of the molecule is CCCCCCCCc1cc(S(=O)(=O)O)c([O-])cc1Oc1ccccc1.[Na+]. The summed E-state index contributed by atoms with van der Waals surface area (Å²) in [5.41, 5.74) is 0.608. The molecule has 27 heavy (non-hydrogen) atoms. The molecule has 0 radical (unpaired) electrons. The molecule has 0 saturated carbocycles. The summed E-state index contributed by atoms with van der Waals surface area (Å²) < 4.78 is 37.9. The molecule has 0 aliphatic rings. The molecule has 2 rings (SSSR count). The van der Waals surface area contributed by atoms with Gasteiger partial charge in [0.25, 0.3) is 10.1 Å². The minimum Gasteiger partial charge on any atom is -0.871 e. The molecule has 0 saturated heterocycles. The van der Waals surface area contributed by atoms with E-state index in [2.05, 4.69) is 6.92 Å². The van der Waals surface area contributed by atoms with E-state index in [-0.39, 0.29) is 29.6 Å². The number of hydrogen-bond donors (Lipinski definition) is 1. The standard InChI is InChI=1S/C20H26O5S.Na/c1-2-3-4-5-6-8-11-16-14-20(26(22,23)24)18(21)15-19(16)25-17-12-9-7-10-13-17;/h7,9-10,12-15,21H,2-6,8,11H2,1H3,(H,22,23,24);/q;+1/p-1. The molecule has 142 valence electrons. The van der Waals surface area contributed by atoms with Gasteiger partial charge in [-0.05, 0) is 42.7 Å². The molecule has 0 amide bonds. The Labute approximate surface area is 183 Å². The number of unbranched alkanes of at least 4 members (excludes halogenated alkanes) is 5. The van der Waals surface area contributed by atoms with Crippen LogP contribution in [-0.4, -0.2) is 13.0 Å². The van der Waals surface area contributed by atoms with E-state index in [1.54, 1.807) is 12.1 Å². The Bertz CT molecular complexity index is 807. The third-order valence-corrected chi connectivity index (χ3v) is 5.05. The summed E-state index contributed by atoms with van der Waals surface area (Å²) in [5.74, 6) is 0.128. The summed E-state index contributed by atoms with van der Waals surface area (Å²) in [4.78, 5) is -0.598. The van der Waals surface area contributed by atoms with E-state index in [9.17, 15) is 18.1 Å². The van der Waals surface area contributed by atoms with Gasteiger partial charge in [-0.2, -0.15) is 8.42 Å². The summed E-state index contributed by atoms with van der Waals surface area (Å²) in [7, 11) is -4.56. The summed E-state index contributed by atoms with van der Waals surface area (Å²) >= 11 is 0. The summed E-state index contributed by atoms with van der Waals surface area (Å²) in [6.45, 7) is 2.16. The van der Waals surface area contributed by atoms with Crippen molar-refractivity contribution in [2.45, 2.75) is 56.8 Å². The van der Waals surface area contributed by atoms with Crippen molar-refractivity contribution in [1.82, 2.24) is 0 Å². The third kappa shape index (κ3) is 7.84. The van der Waals surface area contributed by atoms with E-state index in [1.165, 1.54) is 25.3 Å². The first-order valence-corrected chi connectivity index (χ1v) is 10.4. The van der Waals surface area contributed by atoms with Crippen LogP contribution in [0.2, 0.25) is 0 Å². The maximum absolute atomic E-state index is 12.1. The van der Waals surface area contributed by atoms with Crippen LogP contribution in [0.25, 0.3) is 0 Å². The van der Waals surface area contributed by atoms with Gasteiger partial charge in [0, 0.05) is 0 Å². The topological polar surface area (TPSA) is 86.7 Å². The van der Waals surface area contributed by atoms with Gasteiger partial charge in [0.1, 0.15) is 11.5 Å². The van der Waals surface area contributed by atoms with Crippen molar-refractivity contribution < 1.29 is 52.4 Å². The monoisotopic (exact) mass is 400 g/mol. The van der Waals surface area contributed by atoms with Crippen molar-refractivity contribution in [3.63, 3.8) is 0 Å². The van der Waals surface area contributed by atoms with Crippen LogP contribution in [0.5, 0.6) is 17.2 Å². The Morgan fingerprint density at radius 2 is 1.63 bits per heavy atom. The van der Waals surface area contributed by atoms with Crippen molar-refractivity contribution in [2.24, 2.45) is 0 Å². The second-order valence-corrected chi connectivity index (χ2v) is 7.70. The molecule has 0 aliphatic carbocycles. The zero-order chi connectivity index (χ0) is 19.0. The molecular formula is C20H25NaO5S. The third-order valence-electron chi connectivity index (χ3n) is 4.18. The minimum absolute atomic E-state index is 0. The Hall–Kier alpha value is -1.05. The number of hydrogen-bond acceptors (Lipinski definition) is 4. The molecule has 0 spiro atoms. The molecule has 2 aromatic rings. The van der Waals surface area contributed by atoms with Crippen molar-refractivity contribution in [3.05, 3.63) is 48.0 Å². The fourth-order valence-electron chi connectivity index (χ4n) is 2.79. The molecule has 0 aliphatic heterocycles. The average Bonchev–Trinajstić information content (AvgIpc) is 2.59. The Kier molecular flexibility index (Phi) is 10.4. The van der Waals surface area contributed by atoms with Gasteiger partial charge in [-0.1, -0.05) is 63.0 Å².